The van der Waals surface area contributed by atoms with Crippen LogP contribution < -0.4 is 5.32 Å². The molecule has 2 aromatic rings. The molecule has 0 aliphatic rings. The van der Waals surface area contributed by atoms with Crippen LogP contribution in [0.4, 0.5) is 0 Å². The number of likely N-dealkylation sites (N-methyl/N-ethyl adjacent to an activating group) is 1. The number of rotatable bonds is 5. The van der Waals surface area contributed by atoms with Crippen molar-refractivity contribution < 1.29 is 4.79 Å². The maximum absolute atomic E-state index is 12.3. The molecule has 0 radical (unpaired) electrons. The van der Waals surface area contributed by atoms with Crippen LogP contribution in [-0.2, 0) is 0 Å². The van der Waals surface area contributed by atoms with E-state index in [1.807, 2.05) is 49.3 Å². The molecule has 0 saturated carbocycles. The average Bonchev–Trinajstić information content (AvgIpc) is 2.47. The molecule has 1 unspecified atom stereocenters. The number of nitrogens with zero attached hydrogens (tertiary/aromatic N) is 2. The third-order valence-electron chi connectivity index (χ3n) is 3.04. The number of amides is 1. The van der Waals surface area contributed by atoms with E-state index in [9.17, 15) is 4.79 Å². The van der Waals surface area contributed by atoms with E-state index in [4.69, 9.17) is 11.6 Å². The minimum absolute atomic E-state index is 0.0793. The van der Waals surface area contributed by atoms with Crippen molar-refractivity contribution in [1.29, 1.82) is 0 Å². The normalized spacial score (nSPS) is 12.2. The quantitative estimate of drug-likeness (QED) is 0.864. The van der Waals surface area contributed by atoms with Crippen LogP contribution in [0.5, 0.6) is 0 Å². The molecule has 0 aliphatic carbocycles. The maximum atomic E-state index is 12.3. The predicted molar refractivity (Wildman–Crippen MR) is 84.5 cm³/mol. The topological polar surface area (TPSA) is 45.2 Å². The standard InChI is InChI=1S/C16H18ClN3O/c1-20(2)11-14(12-6-4-3-5-7-12)19-16(21)13-8-9-15(17)18-10-13/h3-10,14H,11H2,1-2H3,(H,19,21). The fourth-order valence-electron chi connectivity index (χ4n) is 2.04. The molecule has 0 spiro atoms. The van der Waals surface area contributed by atoms with Gasteiger partial charge in [-0.1, -0.05) is 41.9 Å². The Labute approximate surface area is 129 Å². The third kappa shape index (κ3) is 4.55. The lowest BCUT2D eigenvalue weighted by atomic mass is 10.1. The van der Waals surface area contributed by atoms with Crippen LogP contribution in [0, 0.1) is 0 Å². The van der Waals surface area contributed by atoms with Crippen LogP contribution in [-0.4, -0.2) is 36.4 Å². The second-order valence-corrected chi connectivity index (χ2v) is 5.46. The van der Waals surface area contributed by atoms with Crippen LogP contribution in [0.3, 0.4) is 0 Å². The van der Waals surface area contributed by atoms with Crippen LogP contribution >= 0.6 is 11.6 Å². The van der Waals surface area contributed by atoms with E-state index in [1.165, 1.54) is 6.20 Å². The first-order chi connectivity index (χ1) is 10.1. The van der Waals surface area contributed by atoms with Gasteiger partial charge in [0.1, 0.15) is 5.15 Å². The highest BCUT2D eigenvalue weighted by molar-refractivity contribution is 6.29. The molecule has 0 saturated heterocycles. The minimum atomic E-state index is -0.158. The lowest BCUT2D eigenvalue weighted by Gasteiger charge is -2.22. The highest BCUT2D eigenvalue weighted by atomic mass is 35.5. The summed E-state index contributed by atoms with van der Waals surface area (Å²) in [5.74, 6) is -0.158. The van der Waals surface area contributed by atoms with Crippen LogP contribution in [0.2, 0.25) is 5.15 Å². The number of nitrogens with one attached hydrogen (secondary N) is 1. The molecule has 1 aromatic heterocycles. The number of pyridine rings is 1. The zero-order chi connectivity index (χ0) is 15.2. The van der Waals surface area contributed by atoms with Gasteiger partial charge in [-0.3, -0.25) is 4.79 Å². The maximum Gasteiger partial charge on any atom is 0.253 e. The van der Waals surface area contributed by atoms with Gasteiger partial charge in [0.05, 0.1) is 11.6 Å². The lowest BCUT2D eigenvalue weighted by Crippen LogP contribution is -2.35. The molecule has 2 rings (SSSR count). The van der Waals surface area contributed by atoms with Crippen molar-refractivity contribution in [1.82, 2.24) is 15.2 Å². The van der Waals surface area contributed by atoms with Crippen molar-refractivity contribution in [3.63, 3.8) is 0 Å². The first-order valence-corrected chi connectivity index (χ1v) is 7.06. The molecule has 1 atom stereocenters. The molecule has 1 aromatic carbocycles. The number of benzene rings is 1. The number of hydrogen-bond acceptors (Lipinski definition) is 3. The zero-order valence-electron chi connectivity index (χ0n) is 12.1. The Bertz CT molecular complexity index is 584. The summed E-state index contributed by atoms with van der Waals surface area (Å²) in [4.78, 5) is 18.3. The van der Waals surface area contributed by atoms with Gasteiger partial charge in [-0.15, -0.1) is 0 Å². The van der Waals surface area contributed by atoms with Crippen LogP contribution in [0.25, 0.3) is 0 Å². The largest absolute Gasteiger partial charge is 0.344 e. The smallest absolute Gasteiger partial charge is 0.253 e. The number of aromatic nitrogens is 1. The fraction of sp³-hybridized carbons (Fsp3) is 0.250. The monoisotopic (exact) mass is 303 g/mol. The molecule has 0 fully saturated rings. The second kappa shape index (κ2) is 7.20. The van der Waals surface area contributed by atoms with Gasteiger partial charge in [0.2, 0.25) is 0 Å². The number of hydrogen-bond donors (Lipinski definition) is 1. The Morgan fingerprint density at radius 2 is 1.95 bits per heavy atom. The van der Waals surface area contributed by atoms with Gasteiger partial charge in [0.25, 0.3) is 5.91 Å². The predicted octanol–water partition coefficient (Wildman–Crippen LogP) is 2.77. The molecule has 0 aliphatic heterocycles. The van der Waals surface area contributed by atoms with Gasteiger partial charge in [-0.25, -0.2) is 4.98 Å². The number of halogens is 1. The Morgan fingerprint density at radius 3 is 2.52 bits per heavy atom. The van der Waals surface area contributed by atoms with E-state index in [1.54, 1.807) is 12.1 Å². The first-order valence-electron chi connectivity index (χ1n) is 6.68. The van der Waals surface area contributed by atoms with E-state index in [2.05, 4.69) is 10.3 Å². The van der Waals surface area contributed by atoms with Gasteiger partial charge >= 0.3 is 0 Å². The Kier molecular flexibility index (Phi) is 5.31. The average molecular weight is 304 g/mol. The molecule has 110 valence electrons. The van der Waals surface area contributed by atoms with Gasteiger partial charge in [0.15, 0.2) is 0 Å². The first kappa shape index (κ1) is 15.5. The SMILES string of the molecule is CN(C)CC(NC(=O)c1ccc(Cl)nc1)c1ccccc1. The van der Waals surface area contributed by atoms with Gasteiger partial charge < -0.3 is 10.2 Å². The van der Waals surface area contributed by atoms with E-state index >= 15 is 0 Å². The molecule has 4 nitrogen and oxygen atoms in total. The summed E-state index contributed by atoms with van der Waals surface area (Å²) in [6, 6.07) is 13.1. The summed E-state index contributed by atoms with van der Waals surface area (Å²) in [6.45, 7) is 0.719. The van der Waals surface area contributed by atoms with Crippen molar-refractivity contribution in [2.45, 2.75) is 6.04 Å². The second-order valence-electron chi connectivity index (χ2n) is 5.07. The molecule has 1 N–H and O–H groups in total. The van der Waals surface area contributed by atoms with Crippen molar-refractivity contribution in [3.8, 4) is 0 Å². The van der Waals surface area contributed by atoms with Crippen molar-refractivity contribution in [2.24, 2.45) is 0 Å². The van der Waals surface area contributed by atoms with E-state index in [0.29, 0.717) is 10.7 Å². The highest BCUT2D eigenvalue weighted by Crippen LogP contribution is 2.14. The zero-order valence-corrected chi connectivity index (χ0v) is 12.8. The minimum Gasteiger partial charge on any atom is -0.344 e. The molecule has 21 heavy (non-hydrogen) atoms. The summed E-state index contributed by atoms with van der Waals surface area (Å²) in [5, 5.41) is 3.41. The van der Waals surface area contributed by atoms with E-state index in [0.717, 1.165) is 12.1 Å². The molecule has 5 heteroatoms. The Morgan fingerprint density at radius 1 is 1.24 bits per heavy atom. The summed E-state index contributed by atoms with van der Waals surface area (Å²) in [5.41, 5.74) is 1.57. The fourth-order valence-corrected chi connectivity index (χ4v) is 2.15. The molecule has 1 amide bonds. The molecular formula is C16H18ClN3O. The van der Waals surface area contributed by atoms with E-state index in [-0.39, 0.29) is 11.9 Å². The molecule has 0 bridgehead atoms. The van der Waals surface area contributed by atoms with Gasteiger partial charge in [0, 0.05) is 12.7 Å². The van der Waals surface area contributed by atoms with Crippen molar-refractivity contribution in [3.05, 3.63) is 64.9 Å². The Hall–Kier alpha value is -1.91. The summed E-state index contributed by atoms with van der Waals surface area (Å²) < 4.78 is 0. The molecule has 1 heterocycles. The van der Waals surface area contributed by atoms with E-state index < -0.39 is 0 Å². The third-order valence-corrected chi connectivity index (χ3v) is 3.27. The van der Waals surface area contributed by atoms with Gasteiger partial charge in [-0.05, 0) is 31.8 Å². The number of carbonyl (C=O) groups is 1. The highest BCUT2D eigenvalue weighted by Gasteiger charge is 2.16. The number of carbonyl (C=O) groups excluding carboxylic acids is 1. The Balaban J connectivity index is 2.15. The van der Waals surface area contributed by atoms with Crippen LogP contribution in [0.1, 0.15) is 22.0 Å². The van der Waals surface area contributed by atoms with Gasteiger partial charge in [-0.2, -0.15) is 0 Å². The summed E-state index contributed by atoms with van der Waals surface area (Å²) in [6.07, 6.45) is 1.48. The lowest BCUT2D eigenvalue weighted by molar-refractivity contribution is 0.0929. The summed E-state index contributed by atoms with van der Waals surface area (Å²) >= 11 is 5.74. The summed E-state index contributed by atoms with van der Waals surface area (Å²) in [7, 11) is 3.96. The van der Waals surface area contributed by atoms with Crippen LogP contribution in [0.15, 0.2) is 48.7 Å². The molecular weight excluding hydrogens is 286 g/mol. The van der Waals surface area contributed by atoms with Crippen molar-refractivity contribution >= 4 is 17.5 Å². The van der Waals surface area contributed by atoms with Crippen molar-refractivity contribution in [2.75, 3.05) is 20.6 Å².